The molecule has 4 heteroatoms. The first-order chi connectivity index (χ1) is 8.99. The van der Waals surface area contributed by atoms with E-state index in [0.29, 0.717) is 13.0 Å². The number of hydrogen-bond acceptors (Lipinski definition) is 3. The van der Waals surface area contributed by atoms with E-state index < -0.39 is 6.10 Å². The molecule has 1 amide bonds. The molecule has 2 atom stereocenters. The minimum atomic E-state index is -0.399. The minimum absolute atomic E-state index is 0.0462. The summed E-state index contributed by atoms with van der Waals surface area (Å²) < 4.78 is 0. The number of carbonyl (C=O) groups excluding carboxylic acids is 1. The fourth-order valence-corrected chi connectivity index (χ4v) is 2.03. The Morgan fingerprint density at radius 1 is 1.37 bits per heavy atom. The average molecular weight is 264 g/mol. The van der Waals surface area contributed by atoms with Gasteiger partial charge >= 0.3 is 0 Å². The van der Waals surface area contributed by atoms with Crippen LogP contribution in [0.1, 0.15) is 31.9 Å². The fourth-order valence-electron chi connectivity index (χ4n) is 2.03. The normalized spacial score (nSPS) is 13.7. The van der Waals surface area contributed by atoms with Crippen LogP contribution in [0.4, 0.5) is 5.69 Å². The Morgan fingerprint density at radius 2 is 1.95 bits per heavy atom. The number of aliphatic hydroxyl groups excluding tert-OH is 1. The molecule has 0 spiro atoms. The number of aliphatic hydroxyl groups is 1. The van der Waals surface area contributed by atoms with E-state index in [0.717, 1.165) is 11.3 Å². The molecule has 2 N–H and O–H groups in total. The summed E-state index contributed by atoms with van der Waals surface area (Å²) in [6.45, 7) is 4.52. The van der Waals surface area contributed by atoms with E-state index in [-0.39, 0.29) is 11.8 Å². The zero-order valence-electron chi connectivity index (χ0n) is 12.2. The van der Waals surface area contributed by atoms with Gasteiger partial charge in [0.15, 0.2) is 0 Å². The summed E-state index contributed by atoms with van der Waals surface area (Å²) in [6, 6.07) is 7.82. The van der Waals surface area contributed by atoms with Crippen molar-refractivity contribution in [3.8, 4) is 0 Å². The highest BCUT2D eigenvalue weighted by molar-refractivity contribution is 5.78. The van der Waals surface area contributed by atoms with Crippen molar-refractivity contribution >= 4 is 11.6 Å². The summed E-state index contributed by atoms with van der Waals surface area (Å²) in [5.41, 5.74) is 1.97. The maximum atomic E-state index is 11.5. The van der Waals surface area contributed by atoms with Gasteiger partial charge in [-0.1, -0.05) is 26.0 Å². The smallest absolute Gasteiger partial charge is 0.224 e. The summed E-state index contributed by atoms with van der Waals surface area (Å²) in [5.74, 6) is -0.0132. The second-order valence-electron chi connectivity index (χ2n) is 4.91. The zero-order valence-corrected chi connectivity index (χ0v) is 12.2. The van der Waals surface area contributed by atoms with Crippen molar-refractivity contribution in [3.05, 3.63) is 29.8 Å². The number of amides is 1. The van der Waals surface area contributed by atoms with Gasteiger partial charge in [0.1, 0.15) is 0 Å². The molecule has 0 aromatic heterocycles. The summed E-state index contributed by atoms with van der Waals surface area (Å²) >= 11 is 0. The molecule has 0 saturated heterocycles. The van der Waals surface area contributed by atoms with E-state index in [2.05, 4.69) is 5.32 Å². The van der Waals surface area contributed by atoms with Crippen LogP contribution in [0, 0.1) is 5.92 Å². The Labute approximate surface area is 115 Å². The Bertz CT molecular complexity index is 403. The van der Waals surface area contributed by atoms with Crippen molar-refractivity contribution in [2.75, 3.05) is 25.5 Å². The molecule has 0 heterocycles. The summed E-state index contributed by atoms with van der Waals surface area (Å²) in [4.78, 5) is 13.5. The number of nitrogens with zero attached hydrogens (tertiary/aromatic N) is 1. The summed E-state index contributed by atoms with van der Waals surface area (Å²) in [5, 5.41) is 12.4. The molecule has 0 bridgehead atoms. The van der Waals surface area contributed by atoms with Gasteiger partial charge in [-0.25, -0.2) is 0 Å². The lowest BCUT2D eigenvalue weighted by Crippen LogP contribution is -2.34. The van der Waals surface area contributed by atoms with Crippen molar-refractivity contribution in [2.45, 2.75) is 26.4 Å². The summed E-state index contributed by atoms with van der Waals surface area (Å²) in [6.07, 6.45) is 0.312. The van der Waals surface area contributed by atoms with Gasteiger partial charge in [0, 0.05) is 26.3 Å². The maximum Gasteiger partial charge on any atom is 0.224 e. The van der Waals surface area contributed by atoms with E-state index in [1.165, 1.54) is 0 Å². The van der Waals surface area contributed by atoms with E-state index in [9.17, 15) is 9.90 Å². The molecule has 0 saturated carbocycles. The van der Waals surface area contributed by atoms with Crippen LogP contribution < -0.4 is 10.2 Å². The van der Waals surface area contributed by atoms with Gasteiger partial charge in [-0.05, 0) is 24.1 Å². The average Bonchev–Trinajstić information content (AvgIpc) is 2.45. The monoisotopic (exact) mass is 264 g/mol. The molecule has 106 valence electrons. The van der Waals surface area contributed by atoms with Crippen LogP contribution in [0.5, 0.6) is 0 Å². The number of rotatable bonds is 6. The lowest BCUT2D eigenvalue weighted by Gasteiger charge is -2.23. The van der Waals surface area contributed by atoms with Crippen molar-refractivity contribution in [1.82, 2.24) is 5.32 Å². The van der Waals surface area contributed by atoms with Crippen LogP contribution in [-0.2, 0) is 4.79 Å². The molecule has 0 aliphatic rings. The van der Waals surface area contributed by atoms with Crippen LogP contribution in [-0.4, -0.2) is 31.7 Å². The van der Waals surface area contributed by atoms with Gasteiger partial charge in [0.25, 0.3) is 0 Å². The molecule has 19 heavy (non-hydrogen) atoms. The minimum Gasteiger partial charge on any atom is -0.388 e. The first kappa shape index (κ1) is 15.5. The molecule has 1 aromatic rings. The zero-order chi connectivity index (χ0) is 14.4. The Hall–Kier alpha value is -1.55. The number of benzene rings is 1. The van der Waals surface area contributed by atoms with E-state index in [1.54, 1.807) is 7.05 Å². The molecule has 1 rings (SSSR count). The standard InChI is InChI=1S/C15H24N2O2/c1-5-14(18)12-6-8-13(9-7-12)17(4)10-11(2)15(19)16-3/h6-9,11,14,18H,5,10H2,1-4H3,(H,16,19)/t11?,14-/m0/s1. The van der Waals surface area contributed by atoms with Crippen molar-refractivity contribution in [2.24, 2.45) is 5.92 Å². The largest absolute Gasteiger partial charge is 0.388 e. The Kier molecular flexibility index (Phi) is 5.83. The number of hydrogen-bond donors (Lipinski definition) is 2. The molecule has 1 unspecified atom stereocenters. The second kappa shape index (κ2) is 7.14. The van der Waals surface area contributed by atoms with Crippen LogP contribution >= 0.6 is 0 Å². The highest BCUT2D eigenvalue weighted by atomic mass is 16.3. The highest BCUT2D eigenvalue weighted by Crippen LogP contribution is 2.20. The molecule has 0 aliphatic carbocycles. The van der Waals surface area contributed by atoms with E-state index in [1.807, 2.05) is 50.1 Å². The van der Waals surface area contributed by atoms with E-state index in [4.69, 9.17) is 0 Å². The second-order valence-corrected chi connectivity index (χ2v) is 4.91. The quantitative estimate of drug-likeness (QED) is 0.825. The van der Waals surface area contributed by atoms with Crippen molar-refractivity contribution in [3.63, 3.8) is 0 Å². The van der Waals surface area contributed by atoms with Gasteiger partial charge < -0.3 is 15.3 Å². The molecule has 1 aromatic carbocycles. The highest BCUT2D eigenvalue weighted by Gasteiger charge is 2.14. The van der Waals surface area contributed by atoms with E-state index >= 15 is 0 Å². The lowest BCUT2D eigenvalue weighted by molar-refractivity contribution is -0.123. The third kappa shape index (κ3) is 4.24. The molecular formula is C15H24N2O2. The third-order valence-electron chi connectivity index (χ3n) is 3.35. The van der Waals surface area contributed by atoms with Gasteiger partial charge in [-0.3, -0.25) is 4.79 Å². The van der Waals surface area contributed by atoms with Crippen LogP contribution in [0.25, 0.3) is 0 Å². The van der Waals surface area contributed by atoms with Crippen molar-refractivity contribution in [1.29, 1.82) is 0 Å². The SMILES string of the molecule is CC[C@H](O)c1ccc(N(C)CC(C)C(=O)NC)cc1. The molecular weight excluding hydrogens is 240 g/mol. The van der Waals surface area contributed by atoms with Gasteiger partial charge in [-0.2, -0.15) is 0 Å². The predicted octanol–water partition coefficient (Wildman–Crippen LogP) is 1.95. The van der Waals surface area contributed by atoms with Gasteiger partial charge in [0.05, 0.1) is 12.0 Å². The predicted molar refractivity (Wildman–Crippen MR) is 78.2 cm³/mol. The van der Waals surface area contributed by atoms with Crippen LogP contribution in [0.2, 0.25) is 0 Å². The number of carbonyl (C=O) groups is 1. The first-order valence-electron chi connectivity index (χ1n) is 6.70. The van der Waals surface area contributed by atoms with Crippen molar-refractivity contribution < 1.29 is 9.90 Å². The Morgan fingerprint density at radius 3 is 2.42 bits per heavy atom. The van der Waals surface area contributed by atoms with Crippen LogP contribution in [0.3, 0.4) is 0 Å². The fraction of sp³-hybridized carbons (Fsp3) is 0.533. The Balaban J connectivity index is 2.67. The van der Waals surface area contributed by atoms with Crippen LogP contribution in [0.15, 0.2) is 24.3 Å². The lowest BCUT2D eigenvalue weighted by atomic mass is 10.1. The molecule has 0 fully saturated rings. The van der Waals surface area contributed by atoms with Gasteiger partial charge in [0.2, 0.25) is 5.91 Å². The number of nitrogens with one attached hydrogen (secondary N) is 1. The molecule has 0 aliphatic heterocycles. The first-order valence-corrected chi connectivity index (χ1v) is 6.70. The molecule has 4 nitrogen and oxygen atoms in total. The molecule has 0 radical (unpaired) electrons. The summed E-state index contributed by atoms with van der Waals surface area (Å²) in [7, 11) is 3.62. The number of anilines is 1. The topological polar surface area (TPSA) is 52.6 Å². The third-order valence-corrected chi connectivity index (χ3v) is 3.35. The maximum absolute atomic E-state index is 11.5. The van der Waals surface area contributed by atoms with Gasteiger partial charge in [-0.15, -0.1) is 0 Å².